The highest BCUT2D eigenvalue weighted by atomic mass is 32.2. The second kappa shape index (κ2) is 10.3. The van der Waals surface area contributed by atoms with Crippen LogP contribution < -0.4 is 9.80 Å². The zero-order valence-electron chi connectivity index (χ0n) is 19.6. The summed E-state index contributed by atoms with van der Waals surface area (Å²) in [5, 5.41) is 0. The normalized spacial score (nSPS) is 18.5. The Kier molecular flexibility index (Phi) is 6.95. The van der Waals surface area contributed by atoms with Crippen LogP contribution in [-0.2, 0) is 9.59 Å². The summed E-state index contributed by atoms with van der Waals surface area (Å²) in [6.07, 6.45) is 3.17. The van der Waals surface area contributed by atoms with Crippen molar-refractivity contribution in [2.75, 3.05) is 61.4 Å². The summed E-state index contributed by atoms with van der Waals surface area (Å²) in [4.78, 5) is 47.2. The molecule has 184 valence electrons. The standard InChI is InChI=1S/C26H29FN4O3S/c27-20-5-7-21(8-6-20)28-12-14-29(15-13-28)24(32)17-31-22-16-19(4-9-23(22)35-18-25(31)33)26(34)30-10-2-1-3-11-30/h4-9,16H,1-3,10-15,17-18H2. The molecule has 5 rings (SSSR count). The lowest BCUT2D eigenvalue weighted by Crippen LogP contribution is -2.52. The van der Waals surface area contributed by atoms with Gasteiger partial charge in [0.1, 0.15) is 12.4 Å². The topological polar surface area (TPSA) is 64.2 Å². The van der Waals surface area contributed by atoms with Crippen LogP contribution in [0.1, 0.15) is 29.6 Å². The molecule has 7 nitrogen and oxygen atoms in total. The van der Waals surface area contributed by atoms with Crippen molar-refractivity contribution in [2.24, 2.45) is 0 Å². The highest BCUT2D eigenvalue weighted by Gasteiger charge is 2.31. The van der Waals surface area contributed by atoms with E-state index in [2.05, 4.69) is 4.90 Å². The van der Waals surface area contributed by atoms with Crippen molar-refractivity contribution in [3.8, 4) is 0 Å². The van der Waals surface area contributed by atoms with Gasteiger partial charge in [0.05, 0.1) is 11.4 Å². The predicted molar refractivity (Wildman–Crippen MR) is 134 cm³/mol. The molecule has 3 heterocycles. The van der Waals surface area contributed by atoms with Crippen LogP contribution in [0.4, 0.5) is 15.8 Å². The van der Waals surface area contributed by atoms with Crippen LogP contribution >= 0.6 is 11.8 Å². The van der Waals surface area contributed by atoms with Gasteiger partial charge in [-0.3, -0.25) is 14.4 Å². The number of amides is 3. The van der Waals surface area contributed by atoms with Gasteiger partial charge < -0.3 is 19.6 Å². The van der Waals surface area contributed by atoms with E-state index in [0.717, 1.165) is 42.9 Å². The summed E-state index contributed by atoms with van der Waals surface area (Å²) in [6, 6.07) is 11.9. The quantitative estimate of drug-likeness (QED) is 0.650. The molecule has 0 radical (unpaired) electrons. The fraction of sp³-hybridized carbons (Fsp3) is 0.423. The second-order valence-electron chi connectivity index (χ2n) is 9.15. The van der Waals surface area contributed by atoms with E-state index in [0.29, 0.717) is 37.4 Å². The first-order valence-electron chi connectivity index (χ1n) is 12.1. The van der Waals surface area contributed by atoms with Crippen LogP contribution in [0.3, 0.4) is 0 Å². The number of nitrogens with zero attached hydrogens (tertiary/aromatic N) is 4. The van der Waals surface area contributed by atoms with Gasteiger partial charge in [0.2, 0.25) is 11.8 Å². The first-order chi connectivity index (χ1) is 17.0. The number of fused-ring (bicyclic) bond motifs is 1. The molecule has 0 unspecified atom stereocenters. The fourth-order valence-corrected chi connectivity index (χ4v) is 5.81. The van der Waals surface area contributed by atoms with Gasteiger partial charge in [-0.05, 0) is 61.7 Å². The molecule has 35 heavy (non-hydrogen) atoms. The molecule has 3 aliphatic rings. The smallest absolute Gasteiger partial charge is 0.253 e. The van der Waals surface area contributed by atoms with Gasteiger partial charge >= 0.3 is 0 Å². The number of piperidine rings is 1. The Balaban J connectivity index is 1.26. The molecule has 9 heteroatoms. The Morgan fingerprint density at radius 2 is 1.57 bits per heavy atom. The maximum atomic E-state index is 13.2. The van der Waals surface area contributed by atoms with Crippen molar-refractivity contribution >= 4 is 40.9 Å². The van der Waals surface area contributed by atoms with Crippen LogP contribution in [0.25, 0.3) is 0 Å². The number of piperazine rings is 1. The number of halogens is 1. The number of carbonyl (C=O) groups excluding carboxylic acids is 3. The van der Waals surface area contributed by atoms with Gasteiger partial charge in [0.15, 0.2) is 0 Å². The molecule has 3 amide bonds. The minimum Gasteiger partial charge on any atom is -0.368 e. The number of anilines is 2. The number of rotatable bonds is 4. The number of hydrogen-bond acceptors (Lipinski definition) is 5. The molecule has 2 aromatic carbocycles. The fourth-order valence-electron chi connectivity index (χ4n) is 4.89. The molecule has 0 atom stereocenters. The lowest BCUT2D eigenvalue weighted by molar-refractivity contribution is -0.131. The van der Waals surface area contributed by atoms with Crippen LogP contribution in [0.15, 0.2) is 47.4 Å². The molecular weight excluding hydrogens is 467 g/mol. The number of thioether (sulfide) groups is 1. The monoisotopic (exact) mass is 496 g/mol. The van der Waals surface area contributed by atoms with Crippen molar-refractivity contribution in [3.05, 3.63) is 53.8 Å². The van der Waals surface area contributed by atoms with Crippen molar-refractivity contribution in [2.45, 2.75) is 24.2 Å². The van der Waals surface area contributed by atoms with E-state index in [1.165, 1.54) is 28.8 Å². The van der Waals surface area contributed by atoms with Crippen molar-refractivity contribution < 1.29 is 18.8 Å². The molecule has 3 aliphatic heterocycles. The van der Waals surface area contributed by atoms with E-state index in [4.69, 9.17) is 0 Å². The van der Waals surface area contributed by atoms with Gasteiger partial charge in [-0.25, -0.2) is 4.39 Å². The molecule has 2 aromatic rings. The third-order valence-electron chi connectivity index (χ3n) is 6.91. The van der Waals surface area contributed by atoms with Crippen molar-refractivity contribution in [1.82, 2.24) is 9.80 Å². The molecule has 0 aliphatic carbocycles. The minimum atomic E-state index is -0.270. The summed E-state index contributed by atoms with van der Waals surface area (Å²) in [6.45, 7) is 3.84. The van der Waals surface area contributed by atoms with E-state index < -0.39 is 0 Å². The van der Waals surface area contributed by atoms with Gasteiger partial charge in [-0.15, -0.1) is 11.8 Å². The average Bonchev–Trinajstić information content (AvgIpc) is 2.90. The summed E-state index contributed by atoms with van der Waals surface area (Å²) in [5.41, 5.74) is 2.14. The molecule has 0 bridgehead atoms. The number of benzene rings is 2. The third-order valence-corrected chi connectivity index (χ3v) is 7.96. The Morgan fingerprint density at radius 3 is 2.29 bits per heavy atom. The van der Waals surface area contributed by atoms with Crippen molar-refractivity contribution in [1.29, 1.82) is 0 Å². The summed E-state index contributed by atoms with van der Waals surface area (Å²) < 4.78 is 13.2. The molecule has 2 saturated heterocycles. The third kappa shape index (κ3) is 5.15. The van der Waals surface area contributed by atoms with Gasteiger partial charge in [0, 0.05) is 55.4 Å². The Morgan fingerprint density at radius 1 is 0.857 bits per heavy atom. The minimum absolute atomic E-state index is 0.0151. The van der Waals surface area contributed by atoms with Crippen molar-refractivity contribution in [3.63, 3.8) is 0 Å². The molecule has 0 spiro atoms. The number of carbonyl (C=O) groups is 3. The van der Waals surface area contributed by atoms with Gasteiger partial charge in [0.25, 0.3) is 5.91 Å². The molecule has 0 aromatic heterocycles. The van der Waals surface area contributed by atoms with Crippen LogP contribution in [0.2, 0.25) is 0 Å². The molecule has 2 fully saturated rings. The molecule has 0 saturated carbocycles. The molecular formula is C26H29FN4O3S. The van der Waals surface area contributed by atoms with Crippen LogP contribution in [0.5, 0.6) is 0 Å². The van der Waals surface area contributed by atoms with Crippen LogP contribution in [-0.4, -0.2) is 79.1 Å². The predicted octanol–water partition coefficient (Wildman–Crippen LogP) is 3.24. The number of hydrogen-bond donors (Lipinski definition) is 0. The zero-order chi connectivity index (χ0) is 24.4. The van der Waals surface area contributed by atoms with E-state index in [-0.39, 0.29) is 35.8 Å². The highest BCUT2D eigenvalue weighted by Crippen LogP contribution is 2.36. The second-order valence-corrected chi connectivity index (χ2v) is 10.2. The lowest BCUT2D eigenvalue weighted by Gasteiger charge is -2.37. The first-order valence-corrected chi connectivity index (χ1v) is 13.1. The van der Waals surface area contributed by atoms with Gasteiger partial charge in [-0.1, -0.05) is 0 Å². The SMILES string of the molecule is O=C(CN1C(=O)CSc2ccc(C(=O)N3CCCCC3)cc21)N1CCN(c2ccc(F)cc2)CC1. The summed E-state index contributed by atoms with van der Waals surface area (Å²) in [7, 11) is 0. The van der Waals surface area contributed by atoms with E-state index in [9.17, 15) is 18.8 Å². The van der Waals surface area contributed by atoms with Crippen LogP contribution in [0, 0.1) is 5.82 Å². The Hall–Kier alpha value is -3.07. The van der Waals surface area contributed by atoms with E-state index in [1.807, 2.05) is 17.0 Å². The van der Waals surface area contributed by atoms with E-state index >= 15 is 0 Å². The Bertz CT molecular complexity index is 1110. The zero-order valence-corrected chi connectivity index (χ0v) is 20.4. The summed E-state index contributed by atoms with van der Waals surface area (Å²) in [5.74, 6) is -0.240. The summed E-state index contributed by atoms with van der Waals surface area (Å²) >= 11 is 1.44. The highest BCUT2D eigenvalue weighted by molar-refractivity contribution is 8.00. The maximum Gasteiger partial charge on any atom is 0.253 e. The molecule has 0 N–H and O–H groups in total. The largest absolute Gasteiger partial charge is 0.368 e. The Labute approximate surface area is 208 Å². The lowest BCUT2D eigenvalue weighted by atomic mass is 10.1. The maximum absolute atomic E-state index is 13.2. The number of likely N-dealkylation sites (tertiary alicyclic amines) is 1. The van der Waals surface area contributed by atoms with Gasteiger partial charge in [-0.2, -0.15) is 0 Å². The first kappa shape index (κ1) is 23.7. The average molecular weight is 497 g/mol. The van der Waals surface area contributed by atoms with E-state index in [1.54, 1.807) is 23.1 Å².